The van der Waals surface area contributed by atoms with Crippen LogP contribution in [0.15, 0.2) is 18.5 Å². The zero-order chi connectivity index (χ0) is 22.9. The molecule has 7 heteroatoms. The van der Waals surface area contributed by atoms with Gasteiger partial charge in [-0.1, -0.05) is 27.7 Å². The Labute approximate surface area is 183 Å². The largest absolute Gasteiger partial charge is 0.460 e. The van der Waals surface area contributed by atoms with Crippen LogP contribution in [0.1, 0.15) is 54.9 Å². The summed E-state index contributed by atoms with van der Waals surface area (Å²) in [6.45, 7) is 20.8. The predicted molar refractivity (Wildman–Crippen MR) is 126 cm³/mol. The van der Waals surface area contributed by atoms with Crippen molar-refractivity contribution >= 4 is 25.7 Å². The standard InChI is InChI=1S/C23H41N3O3Si/c1-16-14-26(19-10-11-25-13-18(19)24)15-17(12-20(27)28-22(2,3)4)21(16)29-30(8,9)23(5,6)7/h10-11,13,16-17,21H,12,14-15,24H2,1-9H3/t16-,17+,21+/m0/s1. The fraction of sp³-hybridized carbons (Fsp3) is 0.739. The van der Waals surface area contributed by atoms with E-state index in [1.807, 2.05) is 26.8 Å². The Morgan fingerprint density at radius 1 is 1.23 bits per heavy atom. The monoisotopic (exact) mass is 435 g/mol. The number of hydrogen-bond donors (Lipinski definition) is 1. The number of nitrogen functional groups attached to an aromatic ring is 1. The molecule has 6 nitrogen and oxygen atoms in total. The number of anilines is 2. The zero-order valence-electron chi connectivity index (χ0n) is 20.3. The number of nitrogens with two attached hydrogens (primary N) is 1. The minimum absolute atomic E-state index is 0.0118. The summed E-state index contributed by atoms with van der Waals surface area (Å²) in [7, 11) is -1.99. The fourth-order valence-electron chi connectivity index (χ4n) is 3.77. The Balaban J connectivity index is 2.30. The molecule has 0 radical (unpaired) electrons. The smallest absolute Gasteiger partial charge is 0.306 e. The normalized spacial score (nSPS) is 23.4. The topological polar surface area (TPSA) is 77.7 Å². The molecule has 2 heterocycles. The van der Waals surface area contributed by atoms with Crippen LogP contribution in [0, 0.1) is 11.8 Å². The quantitative estimate of drug-likeness (QED) is 0.526. The molecule has 1 aromatic heterocycles. The van der Waals surface area contributed by atoms with Gasteiger partial charge in [-0.25, -0.2) is 0 Å². The molecule has 0 bridgehead atoms. The summed E-state index contributed by atoms with van der Waals surface area (Å²) in [4.78, 5) is 19.1. The van der Waals surface area contributed by atoms with Gasteiger partial charge in [0.15, 0.2) is 8.32 Å². The molecule has 0 unspecified atom stereocenters. The summed E-state index contributed by atoms with van der Waals surface area (Å²) < 4.78 is 12.5. The number of pyridine rings is 1. The molecule has 2 N–H and O–H groups in total. The lowest BCUT2D eigenvalue weighted by atomic mass is 9.84. The van der Waals surface area contributed by atoms with Crippen LogP contribution in [-0.2, 0) is 14.0 Å². The number of ether oxygens (including phenoxy) is 1. The van der Waals surface area contributed by atoms with E-state index in [2.05, 4.69) is 50.7 Å². The third-order valence-corrected chi connectivity index (χ3v) is 10.7. The summed E-state index contributed by atoms with van der Waals surface area (Å²) in [5.41, 5.74) is 7.33. The van der Waals surface area contributed by atoms with Crippen LogP contribution < -0.4 is 10.6 Å². The van der Waals surface area contributed by atoms with Crippen molar-refractivity contribution in [3.63, 3.8) is 0 Å². The molecule has 170 valence electrons. The first-order valence-corrected chi connectivity index (χ1v) is 13.9. The number of carbonyl (C=O) groups is 1. The average Bonchev–Trinajstić information content (AvgIpc) is 2.55. The lowest BCUT2D eigenvalue weighted by Gasteiger charge is -2.48. The molecule has 0 spiro atoms. The van der Waals surface area contributed by atoms with Crippen LogP contribution in [0.5, 0.6) is 0 Å². The highest BCUT2D eigenvalue weighted by molar-refractivity contribution is 6.74. The molecular weight excluding hydrogens is 394 g/mol. The molecular formula is C23H41N3O3Si. The maximum Gasteiger partial charge on any atom is 0.306 e. The predicted octanol–water partition coefficient (Wildman–Crippen LogP) is 4.86. The fourth-order valence-corrected chi connectivity index (χ4v) is 5.23. The molecule has 3 atom stereocenters. The first kappa shape index (κ1) is 24.7. The van der Waals surface area contributed by atoms with E-state index in [0.29, 0.717) is 18.7 Å². The van der Waals surface area contributed by atoms with Gasteiger partial charge in [0, 0.05) is 25.2 Å². The molecule has 1 saturated heterocycles. The lowest BCUT2D eigenvalue weighted by molar-refractivity contribution is -0.157. The van der Waals surface area contributed by atoms with Crippen molar-refractivity contribution in [2.75, 3.05) is 23.7 Å². The van der Waals surface area contributed by atoms with Crippen molar-refractivity contribution in [3.05, 3.63) is 18.5 Å². The van der Waals surface area contributed by atoms with Gasteiger partial charge in [-0.3, -0.25) is 9.78 Å². The summed E-state index contributed by atoms with van der Waals surface area (Å²) in [5, 5.41) is 0.107. The summed E-state index contributed by atoms with van der Waals surface area (Å²) in [6.07, 6.45) is 3.79. The van der Waals surface area contributed by atoms with Crippen LogP contribution in [0.25, 0.3) is 0 Å². The summed E-state index contributed by atoms with van der Waals surface area (Å²) >= 11 is 0. The molecule has 0 saturated carbocycles. The highest BCUT2D eigenvalue weighted by Gasteiger charge is 2.45. The van der Waals surface area contributed by atoms with Gasteiger partial charge in [0.05, 0.1) is 30.1 Å². The van der Waals surface area contributed by atoms with Crippen LogP contribution in [0.3, 0.4) is 0 Å². The van der Waals surface area contributed by atoms with Gasteiger partial charge in [0.2, 0.25) is 0 Å². The molecule has 1 aliphatic rings. The SMILES string of the molecule is C[C@H]1CN(c2ccncc2N)C[C@@H](CC(=O)OC(C)(C)C)[C@@H]1O[Si](C)(C)C(C)(C)C. The zero-order valence-corrected chi connectivity index (χ0v) is 21.3. The van der Waals surface area contributed by atoms with E-state index in [0.717, 1.165) is 12.2 Å². The van der Waals surface area contributed by atoms with Gasteiger partial charge < -0.3 is 19.8 Å². The second-order valence-corrected chi connectivity index (χ2v) is 16.0. The van der Waals surface area contributed by atoms with Crippen LogP contribution in [0.4, 0.5) is 11.4 Å². The number of esters is 1. The number of hydrogen-bond acceptors (Lipinski definition) is 6. The minimum atomic E-state index is -1.99. The average molecular weight is 436 g/mol. The number of piperidine rings is 1. The number of aromatic nitrogens is 1. The molecule has 1 aliphatic heterocycles. The van der Waals surface area contributed by atoms with E-state index < -0.39 is 13.9 Å². The van der Waals surface area contributed by atoms with E-state index in [9.17, 15) is 4.79 Å². The third-order valence-electron chi connectivity index (χ3n) is 6.24. The Kier molecular flexibility index (Phi) is 7.29. The highest BCUT2D eigenvalue weighted by Crippen LogP contribution is 2.41. The number of carbonyl (C=O) groups excluding carboxylic acids is 1. The van der Waals surface area contributed by atoms with Crippen molar-refractivity contribution in [1.82, 2.24) is 4.98 Å². The molecule has 0 amide bonds. The van der Waals surface area contributed by atoms with Gasteiger partial charge in [0.25, 0.3) is 0 Å². The Bertz CT molecular complexity index is 740. The first-order valence-electron chi connectivity index (χ1n) is 10.9. The maximum atomic E-state index is 12.7. The second-order valence-electron chi connectivity index (χ2n) is 11.2. The van der Waals surface area contributed by atoms with Gasteiger partial charge in [-0.15, -0.1) is 0 Å². The van der Waals surface area contributed by atoms with Crippen molar-refractivity contribution < 1.29 is 14.0 Å². The van der Waals surface area contributed by atoms with Crippen molar-refractivity contribution in [1.29, 1.82) is 0 Å². The number of nitrogens with zero attached hydrogens (tertiary/aromatic N) is 2. The Morgan fingerprint density at radius 2 is 1.87 bits per heavy atom. The van der Waals surface area contributed by atoms with Crippen molar-refractivity contribution in [2.45, 2.75) is 84.7 Å². The first-order chi connectivity index (χ1) is 13.6. The van der Waals surface area contributed by atoms with Crippen molar-refractivity contribution in [3.8, 4) is 0 Å². The van der Waals surface area contributed by atoms with E-state index >= 15 is 0 Å². The van der Waals surface area contributed by atoms with E-state index in [1.54, 1.807) is 12.4 Å². The second kappa shape index (κ2) is 8.87. The summed E-state index contributed by atoms with van der Waals surface area (Å²) in [5.74, 6) is 0.117. The van der Waals surface area contributed by atoms with Gasteiger partial charge in [-0.2, -0.15) is 0 Å². The molecule has 1 aromatic rings. The lowest BCUT2D eigenvalue weighted by Crippen LogP contribution is -2.55. The Hall–Kier alpha value is -1.60. The van der Waals surface area contributed by atoms with Gasteiger partial charge in [-0.05, 0) is 50.9 Å². The minimum Gasteiger partial charge on any atom is -0.460 e. The van der Waals surface area contributed by atoms with E-state index in [4.69, 9.17) is 14.9 Å². The van der Waals surface area contributed by atoms with E-state index in [-0.39, 0.29) is 28.9 Å². The molecule has 30 heavy (non-hydrogen) atoms. The molecule has 1 fully saturated rings. The van der Waals surface area contributed by atoms with Crippen LogP contribution in [-0.4, -0.2) is 44.1 Å². The molecule has 0 aromatic carbocycles. The third kappa shape index (κ3) is 6.20. The van der Waals surface area contributed by atoms with Gasteiger partial charge >= 0.3 is 5.97 Å². The Morgan fingerprint density at radius 3 is 2.40 bits per heavy atom. The van der Waals surface area contributed by atoms with Crippen LogP contribution in [0.2, 0.25) is 18.1 Å². The van der Waals surface area contributed by atoms with Crippen LogP contribution >= 0.6 is 0 Å². The molecule has 0 aliphatic carbocycles. The van der Waals surface area contributed by atoms with E-state index in [1.165, 1.54) is 0 Å². The van der Waals surface area contributed by atoms with Gasteiger partial charge in [0.1, 0.15) is 5.60 Å². The highest BCUT2D eigenvalue weighted by atomic mass is 28.4. The maximum absolute atomic E-state index is 12.7. The van der Waals surface area contributed by atoms with Crippen molar-refractivity contribution in [2.24, 2.45) is 11.8 Å². The summed E-state index contributed by atoms with van der Waals surface area (Å²) in [6, 6.07) is 1.95. The number of rotatable bonds is 5. The molecule has 2 rings (SSSR count).